The summed E-state index contributed by atoms with van der Waals surface area (Å²) in [5, 5.41) is 9.27. The van der Waals surface area contributed by atoms with Crippen molar-refractivity contribution in [2.24, 2.45) is 4.99 Å². The van der Waals surface area contributed by atoms with Crippen LogP contribution in [0.1, 0.15) is 39.9 Å². The summed E-state index contributed by atoms with van der Waals surface area (Å²) in [5.41, 5.74) is 3.94. The molecule has 0 saturated carbocycles. The van der Waals surface area contributed by atoms with Gasteiger partial charge in [0.25, 0.3) is 5.91 Å². The first-order chi connectivity index (χ1) is 15.1. The molecule has 1 aliphatic rings. The van der Waals surface area contributed by atoms with Crippen LogP contribution in [0.25, 0.3) is 0 Å². The van der Waals surface area contributed by atoms with Gasteiger partial charge in [-0.15, -0.1) is 24.0 Å². The number of halogens is 1. The Morgan fingerprint density at radius 2 is 1.91 bits per heavy atom. The molecule has 32 heavy (non-hydrogen) atoms. The van der Waals surface area contributed by atoms with Gasteiger partial charge < -0.3 is 25.4 Å². The van der Waals surface area contributed by atoms with Gasteiger partial charge in [-0.1, -0.05) is 24.3 Å². The van der Waals surface area contributed by atoms with Gasteiger partial charge in [0.15, 0.2) is 5.96 Å². The highest BCUT2D eigenvalue weighted by Crippen LogP contribution is 2.22. The third kappa shape index (κ3) is 7.67. The molecule has 1 unspecified atom stereocenters. The summed E-state index contributed by atoms with van der Waals surface area (Å²) >= 11 is 0. The summed E-state index contributed by atoms with van der Waals surface area (Å²) in [4.78, 5) is 16.0. The highest BCUT2D eigenvalue weighted by atomic mass is 127. The Bertz CT molecular complexity index is 897. The van der Waals surface area contributed by atoms with E-state index in [4.69, 9.17) is 9.47 Å². The first-order valence-corrected chi connectivity index (χ1v) is 10.7. The second kappa shape index (κ2) is 13.3. The number of carbonyl (C=O) groups excluding carboxylic acids is 1. The number of amides is 1. The van der Waals surface area contributed by atoms with E-state index in [0.29, 0.717) is 31.2 Å². The highest BCUT2D eigenvalue weighted by Gasteiger charge is 2.17. The van der Waals surface area contributed by atoms with Gasteiger partial charge in [0.05, 0.1) is 6.10 Å². The van der Waals surface area contributed by atoms with Crippen molar-refractivity contribution >= 4 is 35.8 Å². The van der Waals surface area contributed by atoms with Gasteiger partial charge in [0.2, 0.25) is 0 Å². The van der Waals surface area contributed by atoms with Crippen molar-refractivity contribution in [3.63, 3.8) is 0 Å². The molecule has 1 fully saturated rings. The van der Waals surface area contributed by atoms with Gasteiger partial charge >= 0.3 is 0 Å². The quantitative estimate of drug-likeness (QED) is 0.266. The van der Waals surface area contributed by atoms with Gasteiger partial charge in [-0.25, -0.2) is 0 Å². The number of hydrogen-bond acceptors (Lipinski definition) is 4. The topological polar surface area (TPSA) is 84.0 Å². The fraction of sp³-hybridized carbons (Fsp3) is 0.417. The van der Waals surface area contributed by atoms with Crippen LogP contribution in [0, 0.1) is 6.92 Å². The molecule has 0 aliphatic carbocycles. The third-order valence-corrected chi connectivity index (χ3v) is 5.24. The normalized spacial score (nSPS) is 15.6. The van der Waals surface area contributed by atoms with E-state index in [9.17, 15) is 4.79 Å². The standard InChI is InChI=1S/C24H32N4O3.HI/c1-17-6-9-20(22(13-17)31-16-21-5-4-12-30-21)15-28-24(26-3)27-14-18-7-10-19(11-8-18)23(29)25-2;/h6-11,13,21H,4-5,12,14-16H2,1-3H3,(H,25,29)(H2,26,27,28);1H. The number of nitrogens with one attached hydrogen (secondary N) is 3. The molecule has 0 radical (unpaired) electrons. The predicted octanol–water partition coefficient (Wildman–Crippen LogP) is 3.40. The maximum atomic E-state index is 11.7. The highest BCUT2D eigenvalue weighted by molar-refractivity contribution is 14.0. The average Bonchev–Trinajstić information content (AvgIpc) is 3.32. The van der Waals surface area contributed by atoms with Gasteiger partial charge in [-0.2, -0.15) is 0 Å². The molecule has 1 amide bonds. The number of benzene rings is 2. The van der Waals surface area contributed by atoms with Gasteiger partial charge in [-0.3, -0.25) is 9.79 Å². The fourth-order valence-electron chi connectivity index (χ4n) is 3.40. The molecular formula is C24H33IN4O3. The molecular weight excluding hydrogens is 519 g/mol. The summed E-state index contributed by atoms with van der Waals surface area (Å²) in [5.74, 6) is 1.48. The number of ether oxygens (including phenoxy) is 2. The van der Waals surface area contributed by atoms with Crippen LogP contribution in [-0.2, 0) is 17.8 Å². The lowest BCUT2D eigenvalue weighted by molar-refractivity contribution is 0.0676. The molecule has 1 heterocycles. The number of nitrogens with zero attached hydrogens (tertiary/aromatic N) is 1. The molecule has 3 N–H and O–H groups in total. The Balaban J connectivity index is 0.00000363. The summed E-state index contributed by atoms with van der Waals surface area (Å²) in [7, 11) is 3.37. The van der Waals surface area contributed by atoms with Crippen molar-refractivity contribution in [1.29, 1.82) is 0 Å². The Labute approximate surface area is 207 Å². The molecule has 7 nitrogen and oxygen atoms in total. The van der Waals surface area contributed by atoms with E-state index in [2.05, 4.69) is 46.1 Å². The molecule has 1 saturated heterocycles. The van der Waals surface area contributed by atoms with Gasteiger partial charge in [0, 0.05) is 44.9 Å². The van der Waals surface area contributed by atoms with Crippen LogP contribution < -0.4 is 20.7 Å². The Morgan fingerprint density at radius 3 is 2.56 bits per heavy atom. The van der Waals surface area contributed by atoms with Gasteiger partial charge in [-0.05, 0) is 49.1 Å². The molecule has 0 bridgehead atoms. The molecule has 1 atom stereocenters. The monoisotopic (exact) mass is 552 g/mol. The number of hydrogen-bond donors (Lipinski definition) is 3. The molecule has 0 aromatic heterocycles. The fourth-order valence-corrected chi connectivity index (χ4v) is 3.40. The maximum absolute atomic E-state index is 11.7. The van der Waals surface area contributed by atoms with E-state index in [1.54, 1.807) is 14.1 Å². The minimum atomic E-state index is -0.0902. The third-order valence-electron chi connectivity index (χ3n) is 5.24. The van der Waals surface area contributed by atoms with Crippen molar-refractivity contribution < 1.29 is 14.3 Å². The number of aryl methyl sites for hydroxylation is 1. The molecule has 3 rings (SSSR count). The van der Waals surface area contributed by atoms with E-state index >= 15 is 0 Å². The largest absolute Gasteiger partial charge is 0.491 e. The number of guanidine groups is 1. The molecule has 174 valence electrons. The number of aliphatic imine (C=N–C) groups is 1. The van der Waals surface area contributed by atoms with Crippen LogP contribution >= 0.6 is 24.0 Å². The lowest BCUT2D eigenvalue weighted by Gasteiger charge is -2.17. The minimum Gasteiger partial charge on any atom is -0.491 e. The summed E-state index contributed by atoms with van der Waals surface area (Å²) in [6.07, 6.45) is 2.35. The van der Waals surface area contributed by atoms with E-state index in [0.717, 1.165) is 41.9 Å². The summed E-state index contributed by atoms with van der Waals surface area (Å²) in [6, 6.07) is 13.7. The minimum absolute atomic E-state index is 0. The van der Waals surface area contributed by atoms with Crippen LogP contribution in [-0.4, -0.2) is 45.3 Å². The molecule has 8 heteroatoms. The smallest absolute Gasteiger partial charge is 0.251 e. The molecule has 2 aromatic carbocycles. The zero-order chi connectivity index (χ0) is 22.1. The zero-order valence-electron chi connectivity index (χ0n) is 18.9. The molecule has 0 spiro atoms. The Kier molecular flexibility index (Phi) is 10.8. The summed E-state index contributed by atoms with van der Waals surface area (Å²) in [6.45, 7) is 4.66. The van der Waals surface area contributed by atoms with E-state index in [1.807, 2.05) is 24.3 Å². The number of carbonyl (C=O) groups is 1. The van der Waals surface area contributed by atoms with Crippen LogP contribution in [0.4, 0.5) is 0 Å². The van der Waals surface area contributed by atoms with E-state index < -0.39 is 0 Å². The summed E-state index contributed by atoms with van der Waals surface area (Å²) < 4.78 is 11.7. The average molecular weight is 552 g/mol. The number of rotatable bonds is 8. The second-order valence-corrected chi connectivity index (χ2v) is 7.61. The van der Waals surface area contributed by atoms with E-state index in [1.165, 1.54) is 0 Å². The molecule has 2 aromatic rings. The zero-order valence-corrected chi connectivity index (χ0v) is 21.3. The van der Waals surface area contributed by atoms with Gasteiger partial charge in [0.1, 0.15) is 12.4 Å². The second-order valence-electron chi connectivity index (χ2n) is 7.61. The van der Waals surface area contributed by atoms with Crippen molar-refractivity contribution in [2.75, 3.05) is 27.3 Å². The van der Waals surface area contributed by atoms with E-state index in [-0.39, 0.29) is 36.0 Å². The Morgan fingerprint density at radius 1 is 1.16 bits per heavy atom. The maximum Gasteiger partial charge on any atom is 0.251 e. The van der Waals surface area contributed by atoms with Crippen LogP contribution in [0.3, 0.4) is 0 Å². The van der Waals surface area contributed by atoms with Crippen LogP contribution in [0.2, 0.25) is 0 Å². The first-order valence-electron chi connectivity index (χ1n) is 10.7. The van der Waals surface area contributed by atoms with Crippen LogP contribution in [0.5, 0.6) is 5.75 Å². The lowest BCUT2D eigenvalue weighted by atomic mass is 10.1. The Hall–Kier alpha value is -2.33. The molecule has 1 aliphatic heterocycles. The van der Waals surface area contributed by atoms with Crippen molar-refractivity contribution in [3.05, 3.63) is 64.7 Å². The lowest BCUT2D eigenvalue weighted by Crippen LogP contribution is -2.36. The van der Waals surface area contributed by atoms with Crippen molar-refractivity contribution in [1.82, 2.24) is 16.0 Å². The van der Waals surface area contributed by atoms with Crippen molar-refractivity contribution in [2.45, 2.75) is 39.0 Å². The first kappa shape index (κ1) is 25.9. The van der Waals surface area contributed by atoms with Crippen molar-refractivity contribution in [3.8, 4) is 5.75 Å². The SMILES string of the molecule is CN=C(NCc1ccc(C(=O)NC)cc1)NCc1ccc(C)cc1OCC1CCCO1.I. The predicted molar refractivity (Wildman–Crippen MR) is 138 cm³/mol. The van der Waals surface area contributed by atoms with Crippen LogP contribution in [0.15, 0.2) is 47.5 Å².